The van der Waals surface area contributed by atoms with Gasteiger partial charge in [-0.2, -0.15) is 0 Å². The Morgan fingerprint density at radius 2 is 1.94 bits per heavy atom. The number of hydrogen-bond donors (Lipinski definition) is 0. The van der Waals surface area contributed by atoms with Gasteiger partial charge in [-0.15, -0.1) is 17.9 Å². The zero-order chi connectivity index (χ0) is 24.1. The topological polar surface area (TPSA) is 49.9 Å². The Hall–Kier alpha value is -2.60. The molecule has 5 nitrogen and oxygen atoms in total. The number of thiophene rings is 1. The van der Waals surface area contributed by atoms with Crippen LogP contribution in [0.3, 0.4) is 0 Å². The molecule has 6 heteroatoms. The van der Waals surface area contributed by atoms with Crippen molar-refractivity contribution in [3.05, 3.63) is 64.4 Å². The van der Waals surface area contributed by atoms with Gasteiger partial charge in [0.15, 0.2) is 0 Å². The van der Waals surface area contributed by atoms with Gasteiger partial charge in [0.05, 0.1) is 6.04 Å². The smallest absolute Gasteiger partial charge is 0.242 e. The Labute approximate surface area is 207 Å². The third-order valence-electron chi connectivity index (χ3n) is 7.06. The van der Waals surface area contributed by atoms with Gasteiger partial charge in [0, 0.05) is 23.9 Å². The van der Waals surface area contributed by atoms with Crippen LogP contribution in [0.15, 0.2) is 48.4 Å². The average Bonchev–Trinajstić information content (AvgIpc) is 3.54. The van der Waals surface area contributed by atoms with E-state index in [-0.39, 0.29) is 30.3 Å². The van der Waals surface area contributed by atoms with Gasteiger partial charge in [0.1, 0.15) is 18.9 Å². The molecule has 0 spiro atoms. The molecule has 1 aromatic carbocycles. The first kappa shape index (κ1) is 24.5. The summed E-state index contributed by atoms with van der Waals surface area (Å²) in [6.45, 7) is 9.70. The van der Waals surface area contributed by atoms with Crippen LogP contribution < -0.4 is 4.74 Å². The molecular formula is C28H36N2O3S. The normalized spacial score (nSPS) is 18.1. The number of ether oxygens (including phenoxy) is 1. The van der Waals surface area contributed by atoms with E-state index < -0.39 is 0 Å². The zero-order valence-electron chi connectivity index (χ0n) is 20.4. The molecule has 2 heterocycles. The second-order valence-electron chi connectivity index (χ2n) is 9.68. The predicted octanol–water partition coefficient (Wildman–Crippen LogP) is 5.58. The van der Waals surface area contributed by atoms with Gasteiger partial charge in [-0.1, -0.05) is 44.9 Å². The quantitative estimate of drug-likeness (QED) is 0.440. The van der Waals surface area contributed by atoms with Crippen molar-refractivity contribution in [2.24, 2.45) is 5.92 Å². The first-order chi connectivity index (χ1) is 16.5. The van der Waals surface area contributed by atoms with Crippen molar-refractivity contribution in [1.29, 1.82) is 0 Å². The number of rotatable bonds is 9. The van der Waals surface area contributed by atoms with E-state index in [1.54, 1.807) is 22.3 Å². The summed E-state index contributed by atoms with van der Waals surface area (Å²) in [7, 11) is 0. The summed E-state index contributed by atoms with van der Waals surface area (Å²) in [5.74, 6) is 1.40. The number of fused-ring (bicyclic) bond motifs is 1. The average molecular weight is 481 g/mol. The van der Waals surface area contributed by atoms with Crippen molar-refractivity contribution in [3.8, 4) is 5.75 Å². The summed E-state index contributed by atoms with van der Waals surface area (Å²) in [4.78, 5) is 31.5. The molecule has 4 rings (SSSR count). The summed E-state index contributed by atoms with van der Waals surface area (Å²) in [6, 6.07) is 10.2. The molecule has 1 fully saturated rings. The standard InChI is InChI=1S/C28H36N2O3S/c1-4-15-29(28(32)22-7-5-6-8-22)18-27(31)30-16-13-26-24(14-17-34-26)25(30)19-33-23-11-9-21(10-12-23)20(2)3/h4,9-12,14,17,20,22,25H,1,5-8,13,15-16,18-19H2,2-3H3. The van der Waals surface area contributed by atoms with Crippen LogP contribution in [0.4, 0.5) is 0 Å². The lowest BCUT2D eigenvalue weighted by atomic mass is 10.00. The maximum atomic E-state index is 13.5. The van der Waals surface area contributed by atoms with E-state index in [0.29, 0.717) is 25.6 Å². The number of carbonyl (C=O) groups excluding carboxylic acids is 2. The highest BCUT2D eigenvalue weighted by molar-refractivity contribution is 7.10. The van der Waals surface area contributed by atoms with Crippen LogP contribution in [0.2, 0.25) is 0 Å². The summed E-state index contributed by atoms with van der Waals surface area (Å²) in [5.41, 5.74) is 2.44. The minimum absolute atomic E-state index is 0.0196. The minimum Gasteiger partial charge on any atom is -0.491 e. The molecular weight excluding hydrogens is 444 g/mol. The molecule has 34 heavy (non-hydrogen) atoms. The molecule has 0 N–H and O–H groups in total. The molecule has 2 amide bonds. The summed E-state index contributed by atoms with van der Waals surface area (Å²) < 4.78 is 6.18. The fraction of sp³-hybridized carbons (Fsp3) is 0.500. The minimum atomic E-state index is -0.153. The summed E-state index contributed by atoms with van der Waals surface area (Å²) in [6.07, 6.45) is 6.60. The SMILES string of the molecule is C=CCN(CC(=O)N1CCc2sccc2C1COc1ccc(C(C)C)cc1)C(=O)C1CCCC1. The van der Waals surface area contributed by atoms with Crippen LogP contribution in [0, 0.1) is 5.92 Å². The molecule has 0 saturated heterocycles. The number of hydrogen-bond acceptors (Lipinski definition) is 4. The maximum Gasteiger partial charge on any atom is 0.242 e. The van der Waals surface area contributed by atoms with Crippen LogP contribution in [-0.4, -0.2) is 47.9 Å². The van der Waals surface area contributed by atoms with Crippen molar-refractivity contribution >= 4 is 23.2 Å². The van der Waals surface area contributed by atoms with E-state index in [0.717, 1.165) is 37.9 Å². The molecule has 1 aliphatic carbocycles. The maximum absolute atomic E-state index is 13.5. The second kappa shape index (κ2) is 11.2. The van der Waals surface area contributed by atoms with Gasteiger partial charge in [-0.3, -0.25) is 9.59 Å². The van der Waals surface area contributed by atoms with E-state index in [9.17, 15) is 9.59 Å². The molecule has 1 aromatic heterocycles. The lowest BCUT2D eigenvalue weighted by Gasteiger charge is -2.37. The Balaban J connectivity index is 1.47. The van der Waals surface area contributed by atoms with Crippen LogP contribution >= 0.6 is 11.3 Å². The van der Waals surface area contributed by atoms with Crippen LogP contribution in [0.5, 0.6) is 5.75 Å². The molecule has 1 saturated carbocycles. The summed E-state index contributed by atoms with van der Waals surface area (Å²) in [5, 5.41) is 2.09. The highest BCUT2D eigenvalue weighted by Gasteiger charge is 2.34. The van der Waals surface area contributed by atoms with Gasteiger partial charge < -0.3 is 14.5 Å². The van der Waals surface area contributed by atoms with Gasteiger partial charge >= 0.3 is 0 Å². The largest absolute Gasteiger partial charge is 0.491 e. The molecule has 2 aliphatic rings. The third kappa shape index (κ3) is 5.54. The third-order valence-corrected chi connectivity index (χ3v) is 8.06. The van der Waals surface area contributed by atoms with E-state index in [2.05, 4.69) is 44.0 Å². The van der Waals surface area contributed by atoms with Crippen LogP contribution in [0.1, 0.15) is 67.5 Å². The van der Waals surface area contributed by atoms with E-state index >= 15 is 0 Å². The monoisotopic (exact) mass is 480 g/mol. The van der Waals surface area contributed by atoms with Crippen molar-refractivity contribution in [3.63, 3.8) is 0 Å². The number of benzene rings is 1. The molecule has 0 radical (unpaired) electrons. The Morgan fingerprint density at radius 3 is 2.62 bits per heavy atom. The van der Waals surface area contributed by atoms with Gasteiger partial charge in [-0.05, 0) is 59.9 Å². The van der Waals surface area contributed by atoms with Crippen LogP contribution in [0.25, 0.3) is 0 Å². The lowest BCUT2D eigenvalue weighted by Crippen LogP contribution is -2.48. The van der Waals surface area contributed by atoms with E-state index in [1.165, 1.54) is 16.0 Å². The number of nitrogens with zero attached hydrogens (tertiary/aromatic N) is 2. The lowest BCUT2D eigenvalue weighted by molar-refractivity contribution is -0.144. The van der Waals surface area contributed by atoms with Crippen molar-refractivity contribution < 1.29 is 14.3 Å². The molecule has 2 aromatic rings. The van der Waals surface area contributed by atoms with Gasteiger partial charge in [0.25, 0.3) is 0 Å². The molecule has 182 valence electrons. The van der Waals surface area contributed by atoms with Gasteiger partial charge in [0.2, 0.25) is 11.8 Å². The first-order valence-electron chi connectivity index (χ1n) is 12.5. The van der Waals surface area contributed by atoms with E-state index in [4.69, 9.17) is 4.74 Å². The van der Waals surface area contributed by atoms with E-state index in [1.807, 2.05) is 17.0 Å². The Kier molecular flexibility index (Phi) is 8.09. The van der Waals surface area contributed by atoms with Crippen molar-refractivity contribution in [1.82, 2.24) is 9.80 Å². The number of amides is 2. The Morgan fingerprint density at radius 1 is 1.21 bits per heavy atom. The molecule has 1 unspecified atom stereocenters. The fourth-order valence-corrected chi connectivity index (χ4v) is 6.00. The fourth-order valence-electron chi connectivity index (χ4n) is 5.07. The highest BCUT2D eigenvalue weighted by Crippen LogP contribution is 2.34. The van der Waals surface area contributed by atoms with Crippen molar-refractivity contribution in [2.75, 3.05) is 26.2 Å². The first-order valence-corrected chi connectivity index (χ1v) is 13.3. The molecule has 1 atom stereocenters. The molecule has 0 bridgehead atoms. The van der Waals surface area contributed by atoms with Crippen molar-refractivity contribution in [2.45, 2.75) is 57.9 Å². The second-order valence-corrected chi connectivity index (χ2v) is 10.7. The van der Waals surface area contributed by atoms with Crippen LogP contribution in [-0.2, 0) is 16.0 Å². The number of carbonyl (C=O) groups is 2. The Bertz CT molecular complexity index is 991. The van der Waals surface area contributed by atoms with Gasteiger partial charge in [-0.25, -0.2) is 0 Å². The zero-order valence-corrected chi connectivity index (χ0v) is 21.2. The summed E-state index contributed by atoms with van der Waals surface area (Å²) >= 11 is 1.74. The predicted molar refractivity (Wildman–Crippen MR) is 137 cm³/mol. The molecule has 1 aliphatic heterocycles. The highest BCUT2D eigenvalue weighted by atomic mass is 32.1.